The Morgan fingerprint density at radius 2 is 1.74 bits per heavy atom. The van der Waals surface area contributed by atoms with E-state index in [-0.39, 0.29) is 31.5 Å². The van der Waals surface area contributed by atoms with Crippen molar-refractivity contribution in [2.24, 2.45) is 0 Å². The summed E-state index contributed by atoms with van der Waals surface area (Å²) in [6, 6.07) is 10.0. The van der Waals surface area contributed by atoms with Crippen LogP contribution in [0.3, 0.4) is 0 Å². The van der Waals surface area contributed by atoms with Crippen molar-refractivity contribution in [3.8, 4) is 0 Å². The maximum Gasteiger partial charge on any atom is 0.325 e. The SMILES string of the molecule is CCCCN(CCC(=O)N1CCN(Cc2ccccc2)CC1)C(=O)NCC(=O)OCC. The molecule has 0 spiro atoms. The van der Waals surface area contributed by atoms with Gasteiger partial charge in [-0.05, 0) is 18.9 Å². The molecule has 172 valence electrons. The number of rotatable bonds is 11. The van der Waals surface area contributed by atoms with E-state index < -0.39 is 5.97 Å². The van der Waals surface area contributed by atoms with Crippen LogP contribution in [0.25, 0.3) is 0 Å². The van der Waals surface area contributed by atoms with E-state index >= 15 is 0 Å². The van der Waals surface area contributed by atoms with Gasteiger partial charge >= 0.3 is 12.0 Å². The van der Waals surface area contributed by atoms with Crippen LogP contribution in [0.1, 0.15) is 38.7 Å². The number of amides is 3. The Balaban J connectivity index is 1.75. The molecule has 1 aromatic rings. The zero-order chi connectivity index (χ0) is 22.5. The number of hydrogen-bond acceptors (Lipinski definition) is 5. The molecule has 1 aliphatic heterocycles. The van der Waals surface area contributed by atoms with Crippen LogP contribution in [0, 0.1) is 0 Å². The van der Waals surface area contributed by atoms with Gasteiger partial charge in [-0.3, -0.25) is 14.5 Å². The zero-order valence-electron chi connectivity index (χ0n) is 18.8. The quantitative estimate of drug-likeness (QED) is 0.542. The molecule has 0 radical (unpaired) electrons. The zero-order valence-corrected chi connectivity index (χ0v) is 18.8. The smallest absolute Gasteiger partial charge is 0.325 e. The Bertz CT molecular complexity index is 690. The van der Waals surface area contributed by atoms with Gasteiger partial charge in [0.05, 0.1) is 6.61 Å². The first kappa shape index (κ1) is 24.7. The minimum Gasteiger partial charge on any atom is -0.465 e. The summed E-state index contributed by atoms with van der Waals surface area (Å²) in [7, 11) is 0. The number of benzene rings is 1. The Hall–Kier alpha value is -2.61. The fourth-order valence-electron chi connectivity index (χ4n) is 3.52. The maximum absolute atomic E-state index is 12.7. The van der Waals surface area contributed by atoms with Gasteiger partial charge in [-0.25, -0.2) is 4.79 Å². The van der Waals surface area contributed by atoms with Crippen molar-refractivity contribution >= 4 is 17.9 Å². The molecule has 1 aromatic carbocycles. The molecule has 8 heteroatoms. The molecule has 8 nitrogen and oxygen atoms in total. The van der Waals surface area contributed by atoms with E-state index in [2.05, 4.69) is 29.3 Å². The number of nitrogens with one attached hydrogen (secondary N) is 1. The summed E-state index contributed by atoms with van der Waals surface area (Å²) in [5.41, 5.74) is 1.28. The third kappa shape index (κ3) is 8.96. The molecular weight excluding hydrogens is 396 g/mol. The average Bonchev–Trinajstić information content (AvgIpc) is 2.79. The summed E-state index contributed by atoms with van der Waals surface area (Å²) in [5, 5.41) is 2.59. The minimum atomic E-state index is -0.462. The fraction of sp³-hybridized carbons (Fsp3) is 0.609. The maximum atomic E-state index is 12.7. The van der Waals surface area contributed by atoms with E-state index in [1.807, 2.05) is 23.1 Å². The van der Waals surface area contributed by atoms with E-state index in [1.165, 1.54) is 5.56 Å². The Morgan fingerprint density at radius 3 is 2.39 bits per heavy atom. The number of nitrogens with zero attached hydrogens (tertiary/aromatic N) is 3. The van der Waals surface area contributed by atoms with Crippen molar-refractivity contribution in [3.05, 3.63) is 35.9 Å². The lowest BCUT2D eigenvalue weighted by molar-refractivity contribution is -0.141. The summed E-state index contributed by atoms with van der Waals surface area (Å²) in [4.78, 5) is 42.5. The van der Waals surface area contributed by atoms with E-state index in [0.717, 1.165) is 32.5 Å². The number of carbonyl (C=O) groups excluding carboxylic acids is 3. The molecule has 1 N–H and O–H groups in total. The molecule has 0 unspecified atom stereocenters. The molecular formula is C23H36N4O4. The summed E-state index contributed by atoms with van der Waals surface area (Å²) in [5.74, 6) is -0.394. The molecule has 31 heavy (non-hydrogen) atoms. The van der Waals surface area contributed by atoms with Crippen LogP contribution < -0.4 is 5.32 Å². The molecule has 0 bridgehead atoms. The Morgan fingerprint density at radius 1 is 1.03 bits per heavy atom. The highest BCUT2D eigenvalue weighted by atomic mass is 16.5. The molecule has 0 aliphatic carbocycles. The number of unbranched alkanes of at least 4 members (excludes halogenated alkanes) is 1. The lowest BCUT2D eigenvalue weighted by atomic mass is 10.2. The third-order valence-corrected chi connectivity index (χ3v) is 5.33. The van der Waals surface area contributed by atoms with Crippen LogP contribution in [0.5, 0.6) is 0 Å². The lowest BCUT2D eigenvalue weighted by Gasteiger charge is -2.35. The third-order valence-electron chi connectivity index (χ3n) is 5.33. The summed E-state index contributed by atoms with van der Waals surface area (Å²) < 4.78 is 4.84. The molecule has 0 atom stereocenters. The van der Waals surface area contributed by atoms with Crippen LogP contribution in [0.15, 0.2) is 30.3 Å². The second-order valence-corrected chi connectivity index (χ2v) is 7.70. The van der Waals surface area contributed by atoms with Crippen LogP contribution in [-0.2, 0) is 20.9 Å². The second-order valence-electron chi connectivity index (χ2n) is 7.70. The largest absolute Gasteiger partial charge is 0.465 e. The van der Waals surface area contributed by atoms with Gasteiger partial charge < -0.3 is 19.9 Å². The van der Waals surface area contributed by atoms with Crippen molar-refractivity contribution in [3.63, 3.8) is 0 Å². The summed E-state index contributed by atoms with van der Waals surface area (Å²) in [6.45, 7) is 8.80. The topological polar surface area (TPSA) is 82.2 Å². The number of esters is 1. The predicted octanol–water partition coefficient (Wildman–Crippen LogP) is 2.10. The standard InChI is InChI=1S/C23H36N4O4/c1-3-5-12-27(23(30)24-18-22(29)31-4-2)13-11-21(28)26-16-14-25(15-17-26)19-20-9-7-6-8-10-20/h6-10H,3-5,11-19H2,1-2H3,(H,24,30). The highest BCUT2D eigenvalue weighted by Gasteiger charge is 2.22. The van der Waals surface area contributed by atoms with Crippen molar-refractivity contribution in [1.82, 2.24) is 20.0 Å². The Labute approximate surface area is 185 Å². The monoisotopic (exact) mass is 432 g/mol. The van der Waals surface area contributed by atoms with Gasteiger partial charge in [-0.2, -0.15) is 0 Å². The second kappa shape index (κ2) is 13.6. The van der Waals surface area contributed by atoms with Gasteiger partial charge in [0.1, 0.15) is 6.54 Å². The van der Waals surface area contributed by atoms with Crippen LogP contribution in [0.2, 0.25) is 0 Å². The van der Waals surface area contributed by atoms with Crippen molar-refractivity contribution in [2.45, 2.75) is 39.7 Å². The van der Waals surface area contributed by atoms with Crippen molar-refractivity contribution in [2.75, 3.05) is 52.4 Å². The van der Waals surface area contributed by atoms with E-state index in [4.69, 9.17) is 4.74 Å². The average molecular weight is 433 g/mol. The lowest BCUT2D eigenvalue weighted by Crippen LogP contribution is -2.49. The van der Waals surface area contributed by atoms with Crippen LogP contribution in [0.4, 0.5) is 4.79 Å². The number of urea groups is 1. The van der Waals surface area contributed by atoms with Gasteiger partial charge in [-0.15, -0.1) is 0 Å². The molecule has 0 saturated carbocycles. The number of hydrogen-bond donors (Lipinski definition) is 1. The summed E-state index contributed by atoms with van der Waals surface area (Å²) in [6.07, 6.45) is 2.08. The highest BCUT2D eigenvalue weighted by molar-refractivity contribution is 5.81. The van der Waals surface area contributed by atoms with Gasteiger partial charge in [0.25, 0.3) is 0 Å². The molecule has 0 aromatic heterocycles. The first-order valence-corrected chi connectivity index (χ1v) is 11.3. The van der Waals surface area contributed by atoms with Gasteiger partial charge in [0.15, 0.2) is 0 Å². The van der Waals surface area contributed by atoms with Crippen molar-refractivity contribution < 1.29 is 19.1 Å². The minimum absolute atomic E-state index is 0.0686. The number of ether oxygens (including phenoxy) is 1. The van der Waals surface area contributed by atoms with Crippen LogP contribution in [-0.4, -0.2) is 85.0 Å². The van der Waals surface area contributed by atoms with Crippen LogP contribution >= 0.6 is 0 Å². The number of piperazine rings is 1. The van der Waals surface area contributed by atoms with E-state index in [0.29, 0.717) is 26.2 Å². The fourth-order valence-corrected chi connectivity index (χ4v) is 3.52. The van der Waals surface area contributed by atoms with Crippen molar-refractivity contribution in [1.29, 1.82) is 0 Å². The summed E-state index contributed by atoms with van der Waals surface area (Å²) >= 11 is 0. The van der Waals surface area contributed by atoms with E-state index in [1.54, 1.807) is 11.8 Å². The molecule has 1 aliphatic rings. The molecule has 1 saturated heterocycles. The highest BCUT2D eigenvalue weighted by Crippen LogP contribution is 2.10. The van der Waals surface area contributed by atoms with E-state index in [9.17, 15) is 14.4 Å². The van der Waals surface area contributed by atoms with Gasteiger partial charge in [0.2, 0.25) is 5.91 Å². The Kier molecular flexibility index (Phi) is 10.9. The van der Waals surface area contributed by atoms with Gasteiger partial charge in [0, 0.05) is 52.2 Å². The molecule has 1 heterocycles. The molecule has 3 amide bonds. The first-order chi connectivity index (χ1) is 15.0. The first-order valence-electron chi connectivity index (χ1n) is 11.3. The number of carbonyl (C=O) groups is 3. The van der Waals surface area contributed by atoms with Gasteiger partial charge in [-0.1, -0.05) is 43.7 Å². The molecule has 2 rings (SSSR count). The normalized spacial score (nSPS) is 14.2. The predicted molar refractivity (Wildman–Crippen MR) is 119 cm³/mol. The molecule has 1 fully saturated rings.